The van der Waals surface area contributed by atoms with Crippen molar-refractivity contribution in [1.82, 2.24) is 14.8 Å². The summed E-state index contributed by atoms with van der Waals surface area (Å²) in [4.78, 5) is 14.1. The van der Waals surface area contributed by atoms with Crippen LogP contribution in [-0.2, 0) is 6.18 Å². The zero-order valence-corrected chi connectivity index (χ0v) is 8.35. The highest BCUT2D eigenvalue weighted by molar-refractivity contribution is 5.28. The molecule has 17 heavy (non-hydrogen) atoms. The lowest BCUT2D eigenvalue weighted by Gasteiger charge is -2.07. The molecule has 0 aliphatic heterocycles. The Hall–Kier alpha value is -2.18. The first-order chi connectivity index (χ1) is 7.97. The van der Waals surface area contributed by atoms with Crippen molar-refractivity contribution in [2.24, 2.45) is 0 Å². The van der Waals surface area contributed by atoms with Crippen molar-refractivity contribution < 1.29 is 13.2 Å². The molecule has 0 bridgehead atoms. The monoisotopic (exact) mass is 241 g/mol. The molecule has 88 valence electrons. The van der Waals surface area contributed by atoms with Gasteiger partial charge in [-0.25, -0.2) is 9.67 Å². The maximum Gasteiger partial charge on any atom is 0.433 e. The minimum atomic E-state index is -4.46. The number of nitrogens with zero attached hydrogens (tertiary/aromatic N) is 3. The highest BCUT2D eigenvalue weighted by atomic mass is 19.4. The second-order valence-corrected chi connectivity index (χ2v) is 3.21. The molecule has 2 aromatic rings. The van der Waals surface area contributed by atoms with Crippen molar-refractivity contribution in [2.45, 2.75) is 6.18 Å². The van der Waals surface area contributed by atoms with E-state index in [1.165, 1.54) is 23.0 Å². The van der Waals surface area contributed by atoms with Crippen molar-refractivity contribution >= 4 is 0 Å². The summed E-state index contributed by atoms with van der Waals surface area (Å²) in [6.07, 6.45) is -1.000. The molecule has 0 aromatic carbocycles. The molecule has 0 aliphatic rings. The van der Waals surface area contributed by atoms with Crippen LogP contribution in [-0.4, -0.2) is 14.8 Å². The molecule has 2 rings (SSSR count). The summed E-state index contributed by atoms with van der Waals surface area (Å²) in [5.74, 6) is 0. The summed E-state index contributed by atoms with van der Waals surface area (Å²) in [5, 5.41) is 3.72. The van der Waals surface area contributed by atoms with Crippen LogP contribution in [0.1, 0.15) is 5.69 Å². The van der Waals surface area contributed by atoms with Gasteiger partial charge in [-0.2, -0.15) is 18.3 Å². The summed E-state index contributed by atoms with van der Waals surface area (Å²) in [6, 6.07) is 3.34. The molecule has 0 aliphatic carbocycles. The molecule has 0 unspecified atom stereocenters. The number of rotatable bonds is 1. The van der Waals surface area contributed by atoms with E-state index in [9.17, 15) is 18.0 Å². The first-order valence-electron chi connectivity index (χ1n) is 4.55. The quantitative estimate of drug-likeness (QED) is 0.762. The van der Waals surface area contributed by atoms with Crippen molar-refractivity contribution in [3.8, 4) is 5.69 Å². The highest BCUT2D eigenvalue weighted by Crippen LogP contribution is 2.27. The van der Waals surface area contributed by atoms with Crippen molar-refractivity contribution in [1.29, 1.82) is 0 Å². The zero-order chi connectivity index (χ0) is 12.5. The van der Waals surface area contributed by atoms with Gasteiger partial charge in [0.05, 0.1) is 18.1 Å². The van der Waals surface area contributed by atoms with E-state index in [4.69, 9.17) is 0 Å². The van der Waals surface area contributed by atoms with E-state index in [2.05, 4.69) is 10.1 Å². The van der Waals surface area contributed by atoms with E-state index in [0.29, 0.717) is 5.69 Å². The number of pyridine rings is 1. The largest absolute Gasteiger partial charge is 0.433 e. The third kappa shape index (κ3) is 2.49. The third-order valence-corrected chi connectivity index (χ3v) is 1.99. The minimum Gasteiger partial charge on any atom is -0.288 e. The Labute approximate surface area is 93.3 Å². The van der Waals surface area contributed by atoms with E-state index in [0.717, 1.165) is 18.5 Å². The summed E-state index contributed by atoms with van der Waals surface area (Å²) in [6.45, 7) is 0. The van der Waals surface area contributed by atoms with Gasteiger partial charge in [0.2, 0.25) is 0 Å². The van der Waals surface area contributed by atoms with Crippen LogP contribution in [0.4, 0.5) is 13.2 Å². The summed E-state index contributed by atoms with van der Waals surface area (Å²) >= 11 is 0. The van der Waals surface area contributed by atoms with Crippen LogP contribution in [0, 0.1) is 0 Å². The zero-order valence-electron chi connectivity index (χ0n) is 8.35. The first-order valence-corrected chi connectivity index (χ1v) is 4.55. The van der Waals surface area contributed by atoms with Gasteiger partial charge in [0.25, 0.3) is 0 Å². The van der Waals surface area contributed by atoms with E-state index in [-0.39, 0.29) is 5.43 Å². The standard InChI is InChI=1S/C10H6F3N3O/c11-10(12,13)9-2-1-7(5-14-9)16-4-3-8(17)6-15-16/h1-6H. The Morgan fingerprint density at radius 1 is 1.12 bits per heavy atom. The lowest BCUT2D eigenvalue weighted by Crippen LogP contribution is -2.10. The Bertz CT molecular complexity index is 554. The average Bonchev–Trinajstić information content (AvgIpc) is 2.29. The number of halogens is 3. The first kappa shape index (κ1) is 11.3. The summed E-state index contributed by atoms with van der Waals surface area (Å²) < 4.78 is 38.0. The molecule has 7 heteroatoms. The van der Waals surface area contributed by atoms with Crippen molar-refractivity contribution in [3.63, 3.8) is 0 Å². The topological polar surface area (TPSA) is 47.8 Å². The average molecular weight is 241 g/mol. The van der Waals surface area contributed by atoms with Crippen LogP contribution < -0.4 is 5.43 Å². The van der Waals surface area contributed by atoms with E-state index >= 15 is 0 Å². The molecule has 0 N–H and O–H groups in total. The lowest BCUT2D eigenvalue weighted by molar-refractivity contribution is -0.141. The number of hydrogen-bond donors (Lipinski definition) is 0. The maximum absolute atomic E-state index is 12.2. The predicted octanol–water partition coefficient (Wildman–Crippen LogP) is 1.65. The maximum atomic E-state index is 12.2. The Balaban J connectivity index is 2.36. The fourth-order valence-corrected chi connectivity index (χ4v) is 1.19. The lowest BCUT2D eigenvalue weighted by atomic mass is 10.3. The van der Waals surface area contributed by atoms with Gasteiger partial charge >= 0.3 is 6.18 Å². The molecule has 2 aromatic heterocycles. The summed E-state index contributed by atoms with van der Waals surface area (Å²) in [5.41, 5.74) is -0.901. The molecule has 0 saturated heterocycles. The van der Waals surface area contributed by atoms with Gasteiger partial charge in [0.15, 0.2) is 5.43 Å². The predicted molar refractivity (Wildman–Crippen MR) is 52.6 cm³/mol. The van der Waals surface area contributed by atoms with E-state index in [1.54, 1.807) is 0 Å². The molecule has 0 amide bonds. The Morgan fingerprint density at radius 3 is 2.35 bits per heavy atom. The van der Waals surface area contributed by atoms with Gasteiger partial charge in [-0.05, 0) is 12.1 Å². The molecule has 0 fully saturated rings. The molecule has 2 heterocycles. The fourth-order valence-electron chi connectivity index (χ4n) is 1.19. The van der Waals surface area contributed by atoms with Crippen LogP contribution in [0.5, 0.6) is 0 Å². The van der Waals surface area contributed by atoms with E-state index < -0.39 is 11.9 Å². The Kier molecular flexibility index (Phi) is 2.66. The van der Waals surface area contributed by atoms with Gasteiger partial charge < -0.3 is 0 Å². The van der Waals surface area contributed by atoms with Crippen LogP contribution in [0.25, 0.3) is 5.69 Å². The van der Waals surface area contributed by atoms with Gasteiger partial charge in [-0.15, -0.1) is 0 Å². The van der Waals surface area contributed by atoms with Gasteiger partial charge in [-0.3, -0.25) is 4.79 Å². The Morgan fingerprint density at radius 2 is 1.88 bits per heavy atom. The molecule has 0 spiro atoms. The molecular formula is C10H6F3N3O. The smallest absolute Gasteiger partial charge is 0.288 e. The van der Waals surface area contributed by atoms with Crippen LogP contribution >= 0.6 is 0 Å². The second kappa shape index (κ2) is 4.00. The summed E-state index contributed by atoms with van der Waals surface area (Å²) in [7, 11) is 0. The molecule has 0 atom stereocenters. The molecule has 0 radical (unpaired) electrons. The normalized spacial score (nSPS) is 11.5. The highest BCUT2D eigenvalue weighted by Gasteiger charge is 2.32. The number of hydrogen-bond acceptors (Lipinski definition) is 3. The third-order valence-electron chi connectivity index (χ3n) is 1.99. The molecule has 0 saturated carbocycles. The van der Waals surface area contributed by atoms with Gasteiger partial charge in [0.1, 0.15) is 5.69 Å². The van der Waals surface area contributed by atoms with Gasteiger partial charge in [0, 0.05) is 12.3 Å². The van der Waals surface area contributed by atoms with Crippen molar-refractivity contribution in [2.75, 3.05) is 0 Å². The van der Waals surface area contributed by atoms with Crippen molar-refractivity contribution in [3.05, 3.63) is 52.7 Å². The van der Waals surface area contributed by atoms with Crippen LogP contribution in [0.2, 0.25) is 0 Å². The van der Waals surface area contributed by atoms with E-state index in [1.807, 2.05) is 0 Å². The number of aromatic nitrogens is 3. The second-order valence-electron chi connectivity index (χ2n) is 3.21. The number of alkyl halides is 3. The molecule has 4 nitrogen and oxygen atoms in total. The van der Waals surface area contributed by atoms with Crippen LogP contribution in [0.3, 0.4) is 0 Å². The molecular weight excluding hydrogens is 235 g/mol. The van der Waals surface area contributed by atoms with Gasteiger partial charge in [-0.1, -0.05) is 0 Å². The fraction of sp³-hybridized carbons (Fsp3) is 0.100. The van der Waals surface area contributed by atoms with Crippen LogP contribution in [0.15, 0.2) is 41.6 Å². The SMILES string of the molecule is O=c1ccn(-c2ccc(C(F)(F)F)nc2)nc1. The minimum absolute atomic E-state index is 0.277.